The first-order chi connectivity index (χ1) is 14.8. The molecule has 3 amide bonds. The number of piperazine rings is 1. The Morgan fingerprint density at radius 2 is 1.55 bits per heavy atom. The molecule has 0 saturated carbocycles. The molecule has 2 saturated heterocycles. The predicted octanol–water partition coefficient (Wildman–Crippen LogP) is 2.61. The van der Waals surface area contributed by atoms with Crippen LogP contribution in [0.15, 0.2) is 42.5 Å². The van der Waals surface area contributed by atoms with Crippen LogP contribution in [0.3, 0.4) is 0 Å². The zero-order valence-electron chi connectivity index (χ0n) is 17.2. The molecule has 2 aliphatic rings. The molecule has 2 aromatic rings. The van der Waals surface area contributed by atoms with Crippen molar-refractivity contribution in [3.63, 3.8) is 0 Å². The monoisotopic (exact) mass is 427 g/mol. The summed E-state index contributed by atoms with van der Waals surface area (Å²) in [4.78, 5) is 42.8. The fourth-order valence-electron chi connectivity index (χ4n) is 4.05. The SMILES string of the molecule is Cc1ccc(N2CC(C(=O)N3CCN(C(=O)c4ccc(F)c(F)c4)CC3)CC2=O)cc1. The summed E-state index contributed by atoms with van der Waals surface area (Å²) in [6, 6.07) is 10.7. The Kier molecular flexibility index (Phi) is 5.71. The Balaban J connectivity index is 1.35. The standard InChI is InChI=1S/C23H23F2N3O3/c1-15-2-5-18(6-3-15)28-14-17(13-21(28)29)23(31)27-10-8-26(9-11-27)22(30)16-4-7-19(24)20(25)12-16/h2-7,12,17H,8-11,13-14H2,1H3. The molecule has 162 valence electrons. The van der Waals surface area contributed by atoms with Crippen LogP contribution in [0.1, 0.15) is 22.3 Å². The average Bonchev–Trinajstić information content (AvgIpc) is 3.17. The second-order valence-electron chi connectivity index (χ2n) is 7.99. The van der Waals surface area contributed by atoms with E-state index in [0.29, 0.717) is 32.7 Å². The van der Waals surface area contributed by atoms with Gasteiger partial charge in [0, 0.05) is 50.4 Å². The van der Waals surface area contributed by atoms with Gasteiger partial charge in [0.1, 0.15) is 0 Å². The minimum Gasteiger partial charge on any atom is -0.339 e. The lowest BCUT2D eigenvalue weighted by molar-refractivity contribution is -0.137. The zero-order chi connectivity index (χ0) is 22.1. The van der Waals surface area contributed by atoms with E-state index in [1.807, 2.05) is 31.2 Å². The van der Waals surface area contributed by atoms with Crippen LogP contribution in [0.4, 0.5) is 14.5 Å². The number of anilines is 1. The van der Waals surface area contributed by atoms with Crippen molar-refractivity contribution in [1.29, 1.82) is 0 Å². The third-order valence-electron chi connectivity index (χ3n) is 5.87. The highest BCUT2D eigenvalue weighted by Crippen LogP contribution is 2.27. The largest absolute Gasteiger partial charge is 0.339 e. The maximum absolute atomic E-state index is 13.4. The number of aryl methyl sites for hydroxylation is 1. The Morgan fingerprint density at radius 3 is 2.19 bits per heavy atom. The molecule has 2 fully saturated rings. The van der Waals surface area contributed by atoms with Gasteiger partial charge in [-0.15, -0.1) is 0 Å². The molecular weight excluding hydrogens is 404 g/mol. The van der Waals surface area contributed by atoms with E-state index in [2.05, 4.69) is 0 Å². The van der Waals surface area contributed by atoms with Crippen molar-refractivity contribution in [2.45, 2.75) is 13.3 Å². The second-order valence-corrected chi connectivity index (χ2v) is 7.99. The maximum atomic E-state index is 13.4. The molecule has 1 atom stereocenters. The molecule has 4 rings (SSSR count). The molecule has 0 aromatic heterocycles. The van der Waals surface area contributed by atoms with Crippen molar-refractivity contribution in [1.82, 2.24) is 9.80 Å². The first kappa shape index (κ1) is 21.0. The highest BCUT2D eigenvalue weighted by molar-refractivity contribution is 6.00. The molecule has 0 spiro atoms. The molecule has 0 aliphatic carbocycles. The van der Waals surface area contributed by atoms with Crippen molar-refractivity contribution in [2.75, 3.05) is 37.6 Å². The van der Waals surface area contributed by atoms with Crippen molar-refractivity contribution in [3.8, 4) is 0 Å². The molecule has 0 radical (unpaired) electrons. The van der Waals surface area contributed by atoms with Crippen LogP contribution in [-0.4, -0.2) is 60.2 Å². The van der Waals surface area contributed by atoms with Crippen molar-refractivity contribution < 1.29 is 23.2 Å². The van der Waals surface area contributed by atoms with Gasteiger partial charge in [0.25, 0.3) is 5.91 Å². The van der Waals surface area contributed by atoms with E-state index in [1.165, 1.54) is 11.0 Å². The number of benzene rings is 2. The van der Waals surface area contributed by atoms with Gasteiger partial charge in [0.15, 0.2) is 11.6 Å². The molecule has 1 unspecified atom stereocenters. The molecular formula is C23H23F2N3O3. The number of rotatable bonds is 3. The minimum atomic E-state index is -1.07. The fourth-order valence-corrected chi connectivity index (χ4v) is 4.05. The van der Waals surface area contributed by atoms with Gasteiger partial charge >= 0.3 is 0 Å². The van der Waals surface area contributed by atoms with Gasteiger partial charge in [-0.2, -0.15) is 0 Å². The minimum absolute atomic E-state index is 0.0747. The van der Waals surface area contributed by atoms with E-state index < -0.39 is 23.5 Å². The first-order valence-electron chi connectivity index (χ1n) is 10.2. The van der Waals surface area contributed by atoms with E-state index in [9.17, 15) is 23.2 Å². The Labute approximate surface area is 179 Å². The zero-order valence-corrected chi connectivity index (χ0v) is 17.2. The van der Waals surface area contributed by atoms with Crippen LogP contribution in [0.2, 0.25) is 0 Å². The van der Waals surface area contributed by atoms with Gasteiger partial charge in [-0.3, -0.25) is 14.4 Å². The number of amides is 3. The van der Waals surface area contributed by atoms with E-state index in [4.69, 9.17) is 0 Å². The number of halogens is 2. The van der Waals surface area contributed by atoms with Gasteiger partial charge in [0.05, 0.1) is 5.92 Å². The lowest BCUT2D eigenvalue weighted by Crippen LogP contribution is -2.52. The quantitative estimate of drug-likeness (QED) is 0.757. The predicted molar refractivity (Wildman–Crippen MR) is 110 cm³/mol. The average molecular weight is 427 g/mol. The highest BCUT2D eigenvalue weighted by atomic mass is 19.2. The number of carbonyl (C=O) groups excluding carboxylic acids is 3. The van der Waals surface area contributed by atoms with Crippen LogP contribution in [0.25, 0.3) is 0 Å². The summed E-state index contributed by atoms with van der Waals surface area (Å²) in [6.07, 6.45) is 0.167. The van der Waals surface area contributed by atoms with Gasteiger partial charge in [-0.25, -0.2) is 8.78 Å². The van der Waals surface area contributed by atoms with Crippen LogP contribution < -0.4 is 4.90 Å². The number of nitrogens with zero attached hydrogens (tertiary/aromatic N) is 3. The Hall–Kier alpha value is -3.29. The van der Waals surface area contributed by atoms with Gasteiger partial charge in [-0.05, 0) is 37.3 Å². The topological polar surface area (TPSA) is 60.9 Å². The van der Waals surface area contributed by atoms with Gasteiger partial charge in [0.2, 0.25) is 11.8 Å². The van der Waals surface area contributed by atoms with Crippen molar-refractivity contribution >= 4 is 23.4 Å². The highest BCUT2D eigenvalue weighted by Gasteiger charge is 2.38. The summed E-state index contributed by atoms with van der Waals surface area (Å²) in [5, 5.41) is 0. The first-order valence-corrected chi connectivity index (χ1v) is 10.2. The summed E-state index contributed by atoms with van der Waals surface area (Å²) in [7, 11) is 0. The third kappa shape index (κ3) is 4.28. The summed E-state index contributed by atoms with van der Waals surface area (Å²) in [5.41, 5.74) is 1.96. The summed E-state index contributed by atoms with van der Waals surface area (Å²) < 4.78 is 26.5. The van der Waals surface area contributed by atoms with Gasteiger partial charge < -0.3 is 14.7 Å². The van der Waals surface area contributed by atoms with E-state index in [-0.39, 0.29) is 23.8 Å². The second kappa shape index (κ2) is 8.45. The smallest absolute Gasteiger partial charge is 0.254 e. The van der Waals surface area contributed by atoms with Crippen molar-refractivity contribution in [2.24, 2.45) is 5.92 Å². The number of hydrogen-bond acceptors (Lipinski definition) is 3. The summed E-state index contributed by atoms with van der Waals surface area (Å²) in [6.45, 7) is 3.58. The maximum Gasteiger partial charge on any atom is 0.254 e. The normalized spacial score (nSPS) is 19.1. The Morgan fingerprint density at radius 1 is 0.903 bits per heavy atom. The molecule has 8 heteroatoms. The molecule has 31 heavy (non-hydrogen) atoms. The number of carbonyl (C=O) groups is 3. The molecule has 0 bridgehead atoms. The lowest BCUT2D eigenvalue weighted by atomic mass is 10.1. The van der Waals surface area contributed by atoms with Crippen molar-refractivity contribution in [3.05, 3.63) is 65.2 Å². The lowest BCUT2D eigenvalue weighted by Gasteiger charge is -2.36. The molecule has 2 heterocycles. The third-order valence-corrected chi connectivity index (χ3v) is 5.87. The summed E-state index contributed by atoms with van der Waals surface area (Å²) >= 11 is 0. The van der Waals surface area contributed by atoms with Gasteiger partial charge in [-0.1, -0.05) is 17.7 Å². The molecule has 6 nitrogen and oxygen atoms in total. The van der Waals surface area contributed by atoms with E-state index in [1.54, 1.807) is 9.80 Å². The summed E-state index contributed by atoms with van der Waals surface area (Å²) in [5.74, 6) is -3.05. The fraction of sp³-hybridized carbons (Fsp3) is 0.348. The van der Waals surface area contributed by atoms with Crippen LogP contribution >= 0.6 is 0 Å². The molecule has 2 aliphatic heterocycles. The van der Waals surface area contributed by atoms with Crippen LogP contribution in [0.5, 0.6) is 0 Å². The van der Waals surface area contributed by atoms with E-state index in [0.717, 1.165) is 23.4 Å². The Bertz CT molecular complexity index is 1020. The molecule has 2 aromatic carbocycles. The van der Waals surface area contributed by atoms with E-state index >= 15 is 0 Å². The molecule has 0 N–H and O–H groups in total. The van der Waals surface area contributed by atoms with Crippen LogP contribution in [0, 0.1) is 24.5 Å². The van der Waals surface area contributed by atoms with Crippen LogP contribution in [-0.2, 0) is 9.59 Å². The number of hydrogen-bond donors (Lipinski definition) is 0.